The number of methoxy groups -OCH3 is 1. The highest BCUT2D eigenvalue weighted by atomic mass is 16.5. The molecule has 0 fully saturated rings. The first-order valence-corrected chi connectivity index (χ1v) is 5.22. The van der Waals surface area contributed by atoms with E-state index in [1.165, 1.54) is 12.7 Å². The van der Waals surface area contributed by atoms with Crippen molar-refractivity contribution < 1.29 is 9.53 Å². The van der Waals surface area contributed by atoms with Crippen molar-refractivity contribution in [3.63, 3.8) is 0 Å². The maximum Gasteiger partial charge on any atom is 0.338 e. The number of rotatable bonds is 1. The van der Waals surface area contributed by atoms with Gasteiger partial charge in [0.1, 0.15) is 0 Å². The number of nitrogens with one attached hydrogen (secondary N) is 1. The largest absolute Gasteiger partial charge is 0.465 e. The van der Waals surface area contributed by atoms with Crippen LogP contribution >= 0.6 is 0 Å². The number of carbonyl (C=O) groups excluding carboxylic acids is 1. The molecule has 3 heteroatoms. The zero-order valence-corrected chi connectivity index (χ0v) is 8.88. The molecule has 0 unspecified atom stereocenters. The van der Waals surface area contributed by atoms with Crippen molar-refractivity contribution in [2.75, 3.05) is 13.7 Å². The fourth-order valence-corrected chi connectivity index (χ4v) is 2.00. The maximum absolute atomic E-state index is 11.5. The first-order valence-electron chi connectivity index (χ1n) is 5.22. The van der Waals surface area contributed by atoms with E-state index in [1.54, 1.807) is 0 Å². The SMILES string of the molecule is COC(=O)c1cccc2c1CNCCC2. The van der Waals surface area contributed by atoms with Crippen molar-refractivity contribution >= 4 is 5.97 Å². The summed E-state index contributed by atoms with van der Waals surface area (Å²) in [6, 6.07) is 5.85. The molecule has 0 atom stereocenters. The molecule has 15 heavy (non-hydrogen) atoms. The molecule has 0 amide bonds. The number of ether oxygens (including phenoxy) is 1. The van der Waals surface area contributed by atoms with Crippen molar-refractivity contribution in [2.24, 2.45) is 0 Å². The van der Waals surface area contributed by atoms with Gasteiger partial charge < -0.3 is 10.1 Å². The van der Waals surface area contributed by atoms with E-state index in [4.69, 9.17) is 4.74 Å². The molecule has 0 bridgehead atoms. The fraction of sp³-hybridized carbons (Fsp3) is 0.417. The Balaban J connectivity index is 2.43. The van der Waals surface area contributed by atoms with Crippen molar-refractivity contribution in [3.8, 4) is 0 Å². The van der Waals surface area contributed by atoms with Gasteiger partial charge in [-0.25, -0.2) is 4.79 Å². The van der Waals surface area contributed by atoms with E-state index in [-0.39, 0.29) is 5.97 Å². The van der Waals surface area contributed by atoms with E-state index in [9.17, 15) is 4.79 Å². The Morgan fingerprint density at radius 1 is 1.47 bits per heavy atom. The summed E-state index contributed by atoms with van der Waals surface area (Å²) in [5.74, 6) is -0.240. The third-order valence-corrected chi connectivity index (χ3v) is 2.78. The summed E-state index contributed by atoms with van der Waals surface area (Å²) >= 11 is 0. The molecule has 0 spiro atoms. The van der Waals surface area contributed by atoms with Gasteiger partial charge in [-0.3, -0.25) is 0 Å². The van der Waals surface area contributed by atoms with Crippen LogP contribution in [0, 0.1) is 0 Å². The lowest BCUT2D eigenvalue weighted by Gasteiger charge is -2.10. The molecule has 80 valence electrons. The Kier molecular flexibility index (Phi) is 3.02. The molecular formula is C12H15NO2. The summed E-state index contributed by atoms with van der Waals surface area (Å²) in [6.07, 6.45) is 2.16. The monoisotopic (exact) mass is 205 g/mol. The Hall–Kier alpha value is -1.35. The number of esters is 1. The first-order chi connectivity index (χ1) is 7.33. The van der Waals surface area contributed by atoms with Gasteiger partial charge in [-0.2, -0.15) is 0 Å². The number of hydrogen-bond donors (Lipinski definition) is 1. The summed E-state index contributed by atoms with van der Waals surface area (Å²) in [6.45, 7) is 1.77. The lowest BCUT2D eigenvalue weighted by Crippen LogP contribution is -2.15. The molecule has 0 aliphatic carbocycles. The number of carbonyl (C=O) groups is 1. The van der Waals surface area contributed by atoms with Gasteiger partial charge in [-0.15, -0.1) is 0 Å². The topological polar surface area (TPSA) is 38.3 Å². The van der Waals surface area contributed by atoms with Gasteiger partial charge in [0.05, 0.1) is 12.7 Å². The van der Waals surface area contributed by atoms with E-state index in [1.807, 2.05) is 12.1 Å². The van der Waals surface area contributed by atoms with Crippen LogP contribution in [0.25, 0.3) is 0 Å². The van der Waals surface area contributed by atoms with Crippen LogP contribution in [-0.4, -0.2) is 19.6 Å². The normalized spacial score (nSPS) is 15.3. The summed E-state index contributed by atoms with van der Waals surface area (Å²) < 4.78 is 4.78. The minimum Gasteiger partial charge on any atom is -0.465 e. The lowest BCUT2D eigenvalue weighted by atomic mass is 9.99. The van der Waals surface area contributed by atoms with Gasteiger partial charge in [0.25, 0.3) is 0 Å². The molecule has 1 aromatic rings. The molecule has 3 nitrogen and oxygen atoms in total. The van der Waals surface area contributed by atoms with Crippen LogP contribution in [0.2, 0.25) is 0 Å². The molecule has 0 saturated heterocycles. The molecule has 0 radical (unpaired) electrons. The highest BCUT2D eigenvalue weighted by Crippen LogP contribution is 2.19. The Morgan fingerprint density at radius 3 is 3.13 bits per heavy atom. The summed E-state index contributed by atoms with van der Waals surface area (Å²) in [5.41, 5.74) is 3.06. The van der Waals surface area contributed by atoms with E-state index in [0.29, 0.717) is 5.56 Å². The molecule has 1 heterocycles. The van der Waals surface area contributed by atoms with Crippen LogP contribution in [0.4, 0.5) is 0 Å². The lowest BCUT2D eigenvalue weighted by molar-refractivity contribution is 0.0599. The van der Waals surface area contributed by atoms with Crippen LogP contribution in [0.1, 0.15) is 27.9 Å². The van der Waals surface area contributed by atoms with Gasteiger partial charge in [0, 0.05) is 6.54 Å². The highest BCUT2D eigenvalue weighted by molar-refractivity contribution is 5.91. The van der Waals surface area contributed by atoms with Gasteiger partial charge >= 0.3 is 5.97 Å². The zero-order valence-electron chi connectivity index (χ0n) is 8.88. The van der Waals surface area contributed by atoms with Crippen molar-refractivity contribution in [2.45, 2.75) is 19.4 Å². The van der Waals surface area contributed by atoms with E-state index in [2.05, 4.69) is 11.4 Å². The average Bonchev–Trinajstić information content (AvgIpc) is 2.52. The third-order valence-electron chi connectivity index (χ3n) is 2.78. The Labute approximate surface area is 89.4 Å². The predicted octanol–water partition coefficient (Wildman–Crippen LogP) is 1.51. The Morgan fingerprint density at radius 2 is 2.33 bits per heavy atom. The van der Waals surface area contributed by atoms with Crippen LogP contribution in [0.5, 0.6) is 0 Å². The predicted molar refractivity (Wildman–Crippen MR) is 57.8 cm³/mol. The van der Waals surface area contributed by atoms with Gasteiger partial charge in [0.15, 0.2) is 0 Å². The summed E-state index contributed by atoms with van der Waals surface area (Å²) in [7, 11) is 1.42. The minimum atomic E-state index is -0.240. The fourth-order valence-electron chi connectivity index (χ4n) is 2.00. The molecule has 0 saturated carbocycles. The third kappa shape index (κ3) is 2.02. The molecule has 2 rings (SSSR count). The maximum atomic E-state index is 11.5. The first kappa shape index (κ1) is 10.2. The zero-order chi connectivity index (χ0) is 10.7. The van der Waals surface area contributed by atoms with Gasteiger partial charge in [-0.05, 0) is 36.6 Å². The van der Waals surface area contributed by atoms with Crippen molar-refractivity contribution in [1.29, 1.82) is 0 Å². The quantitative estimate of drug-likeness (QED) is 0.706. The Bertz CT molecular complexity index is 374. The summed E-state index contributed by atoms with van der Waals surface area (Å²) in [5, 5.41) is 3.32. The highest BCUT2D eigenvalue weighted by Gasteiger charge is 2.16. The molecule has 0 aromatic heterocycles. The molecule has 1 aliphatic heterocycles. The van der Waals surface area contributed by atoms with Crippen LogP contribution in [0.3, 0.4) is 0 Å². The number of fused-ring (bicyclic) bond motifs is 1. The second-order valence-electron chi connectivity index (χ2n) is 3.72. The molecular weight excluding hydrogens is 190 g/mol. The van der Waals surface area contributed by atoms with E-state index < -0.39 is 0 Å². The van der Waals surface area contributed by atoms with E-state index in [0.717, 1.165) is 31.5 Å². The van der Waals surface area contributed by atoms with Gasteiger partial charge in [0.2, 0.25) is 0 Å². The average molecular weight is 205 g/mol. The minimum absolute atomic E-state index is 0.240. The second-order valence-corrected chi connectivity index (χ2v) is 3.72. The standard InChI is InChI=1S/C12H15NO2/c1-15-12(14)10-6-2-4-9-5-3-7-13-8-11(9)10/h2,4,6,13H,3,5,7-8H2,1H3. The molecule has 1 N–H and O–H groups in total. The van der Waals surface area contributed by atoms with Crippen molar-refractivity contribution in [3.05, 3.63) is 34.9 Å². The van der Waals surface area contributed by atoms with Gasteiger partial charge in [-0.1, -0.05) is 12.1 Å². The smallest absolute Gasteiger partial charge is 0.338 e. The van der Waals surface area contributed by atoms with Crippen LogP contribution in [-0.2, 0) is 17.7 Å². The van der Waals surface area contributed by atoms with Crippen LogP contribution in [0.15, 0.2) is 18.2 Å². The number of hydrogen-bond acceptors (Lipinski definition) is 3. The summed E-state index contributed by atoms with van der Waals surface area (Å²) in [4.78, 5) is 11.5. The molecule has 1 aromatic carbocycles. The van der Waals surface area contributed by atoms with E-state index >= 15 is 0 Å². The van der Waals surface area contributed by atoms with Crippen LogP contribution < -0.4 is 5.32 Å². The second kappa shape index (κ2) is 4.45. The number of aryl methyl sites for hydroxylation is 1. The number of benzene rings is 1. The van der Waals surface area contributed by atoms with Crippen molar-refractivity contribution in [1.82, 2.24) is 5.32 Å². The molecule has 1 aliphatic rings.